The minimum Gasteiger partial charge on any atom is -0.309 e. The van der Waals surface area contributed by atoms with Crippen LogP contribution in [0.25, 0.3) is 0 Å². The van der Waals surface area contributed by atoms with Crippen LogP contribution in [0.1, 0.15) is 38.8 Å². The van der Waals surface area contributed by atoms with E-state index in [-0.39, 0.29) is 5.82 Å². The van der Waals surface area contributed by atoms with E-state index in [2.05, 4.69) is 33.0 Å². The van der Waals surface area contributed by atoms with Gasteiger partial charge in [0.1, 0.15) is 5.82 Å². The van der Waals surface area contributed by atoms with E-state index in [1.165, 1.54) is 0 Å². The first-order valence-electron chi connectivity index (χ1n) is 6.25. The largest absolute Gasteiger partial charge is 0.309 e. The molecule has 1 nitrogen and oxygen atoms in total. The number of benzene rings is 1. The van der Waals surface area contributed by atoms with Gasteiger partial charge in [0, 0.05) is 18.2 Å². The topological polar surface area (TPSA) is 12.0 Å². The summed E-state index contributed by atoms with van der Waals surface area (Å²) < 4.78 is 13.6. The molecule has 0 saturated heterocycles. The van der Waals surface area contributed by atoms with Crippen LogP contribution in [0.5, 0.6) is 0 Å². The minimum absolute atomic E-state index is 0.112. The van der Waals surface area contributed by atoms with Crippen molar-refractivity contribution in [2.45, 2.75) is 47.2 Å². The summed E-state index contributed by atoms with van der Waals surface area (Å²) in [7, 11) is 0. The van der Waals surface area contributed by atoms with Crippen molar-refractivity contribution in [1.29, 1.82) is 0 Å². The lowest BCUT2D eigenvalue weighted by atomic mass is 10.0. The van der Waals surface area contributed by atoms with Gasteiger partial charge in [-0.25, -0.2) is 4.39 Å². The standard InChI is InChI=1S/C15H22FN/c1-10-6-7-12(16)11(8-10)9-17-13-14(2,3)15(13,4)5/h6-8,13,17H,9H2,1-5H3. The average Bonchev–Trinajstić information content (AvgIpc) is 2.60. The van der Waals surface area contributed by atoms with Gasteiger partial charge in [0.05, 0.1) is 0 Å². The Balaban J connectivity index is 2.03. The highest BCUT2D eigenvalue weighted by Crippen LogP contribution is 2.62. The summed E-state index contributed by atoms with van der Waals surface area (Å²) in [6.07, 6.45) is 0. The van der Waals surface area contributed by atoms with Gasteiger partial charge >= 0.3 is 0 Å². The first kappa shape index (κ1) is 12.6. The molecule has 1 fully saturated rings. The summed E-state index contributed by atoms with van der Waals surface area (Å²) in [6.45, 7) is 11.7. The monoisotopic (exact) mass is 235 g/mol. The van der Waals surface area contributed by atoms with E-state index in [0.717, 1.165) is 11.1 Å². The molecule has 1 aliphatic rings. The van der Waals surface area contributed by atoms with Crippen LogP contribution >= 0.6 is 0 Å². The van der Waals surface area contributed by atoms with E-state index in [9.17, 15) is 4.39 Å². The van der Waals surface area contributed by atoms with E-state index in [0.29, 0.717) is 23.4 Å². The lowest BCUT2D eigenvalue weighted by Gasteiger charge is -2.08. The Hall–Kier alpha value is -0.890. The predicted octanol–water partition coefficient (Wildman–Crippen LogP) is 3.66. The number of aryl methyl sites for hydroxylation is 1. The molecule has 94 valence electrons. The quantitative estimate of drug-likeness (QED) is 0.843. The first-order chi connectivity index (χ1) is 7.76. The van der Waals surface area contributed by atoms with Gasteiger partial charge in [-0.15, -0.1) is 0 Å². The molecule has 1 saturated carbocycles. The lowest BCUT2D eigenvalue weighted by molar-refractivity contribution is 0.457. The van der Waals surface area contributed by atoms with Crippen molar-refractivity contribution in [2.24, 2.45) is 10.8 Å². The third kappa shape index (κ3) is 1.99. The zero-order valence-corrected chi connectivity index (χ0v) is 11.4. The fraction of sp³-hybridized carbons (Fsp3) is 0.600. The summed E-state index contributed by atoms with van der Waals surface area (Å²) in [5.74, 6) is -0.112. The molecule has 1 aromatic carbocycles. The van der Waals surface area contributed by atoms with Crippen LogP contribution in [0, 0.1) is 23.6 Å². The fourth-order valence-corrected chi connectivity index (χ4v) is 2.76. The number of rotatable bonds is 3. The zero-order chi connectivity index (χ0) is 12.8. The number of hydrogen-bond donors (Lipinski definition) is 1. The van der Waals surface area contributed by atoms with E-state index in [1.807, 2.05) is 19.1 Å². The van der Waals surface area contributed by atoms with Crippen molar-refractivity contribution in [2.75, 3.05) is 0 Å². The van der Waals surface area contributed by atoms with Gasteiger partial charge in [-0.1, -0.05) is 45.4 Å². The van der Waals surface area contributed by atoms with Gasteiger partial charge in [0.2, 0.25) is 0 Å². The smallest absolute Gasteiger partial charge is 0.127 e. The van der Waals surface area contributed by atoms with Crippen LogP contribution in [0.2, 0.25) is 0 Å². The molecular formula is C15H22FN. The average molecular weight is 235 g/mol. The summed E-state index contributed by atoms with van der Waals surface area (Å²) in [6, 6.07) is 5.75. The molecular weight excluding hydrogens is 213 g/mol. The normalized spacial score (nSPS) is 21.5. The minimum atomic E-state index is -0.112. The van der Waals surface area contributed by atoms with Crippen LogP contribution in [0.15, 0.2) is 18.2 Å². The summed E-state index contributed by atoms with van der Waals surface area (Å²) in [5.41, 5.74) is 2.47. The molecule has 0 bridgehead atoms. The van der Waals surface area contributed by atoms with Crippen molar-refractivity contribution >= 4 is 0 Å². The Bertz CT molecular complexity index is 421. The van der Waals surface area contributed by atoms with Crippen molar-refractivity contribution in [3.8, 4) is 0 Å². The maximum Gasteiger partial charge on any atom is 0.127 e. The Kier molecular flexibility index (Phi) is 2.81. The molecule has 2 heteroatoms. The molecule has 1 N–H and O–H groups in total. The van der Waals surface area contributed by atoms with Crippen LogP contribution in [0.4, 0.5) is 4.39 Å². The van der Waals surface area contributed by atoms with Crippen LogP contribution in [0.3, 0.4) is 0 Å². The van der Waals surface area contributed by atoms with Gasteiger partial charge in [0.15, 0.2) is 0 Å². The molecule has 0 amide bonds. The van der Waals surface area contributed by atoms with Crippen molar-refractivity contribution in [3.05, 3.63) is 35.1 Å². The Morgan fingerprint density at radius 2 is 1.76 bits per heavy atom. The van der Waals surface area contributed by atoms with Crippen molar-refractivity contribution in [3.63, 3.8) is 0 Å². The van der Waals surface area contributed by atoms with Gasteiger partial charge in [-0.05, 0) is 23.8 Å². The number of halogens is 1. The van der Waals surface area contributed by atoms with E-state index < -0.39 is 0 Å². The van der Waals surface area contributed by atoms with Crippen LogP contribution in [-0.4, -0.2) is 6.04 Å². The molecule has 0 radical (unpaired) electrons. The van der Waals surface area contributed by atoms with Gasteiger partial charge in [-0.3, -0.25) is 0 Å². The second-order valence-electron chi connectivity index (χ2n) is 6.35. The van der Waals surface area contributed by atoms with E-state index >= 15 is 0 Å². The molecule has 0 aliphatic heterocycles. The highest BCUT2D eigenvalue weighted by molar-refractivity contribution is 5.25. The van der Waals surface area contributed by atoms with Gasteiger partial charge in [0.25, 0.3) is 0 Å². The van der Waals surface area contributed by atoms with Gasteiger partial charge < -0.3 is 5.32 Å². The van der Waals surface area contributed by atoms with Gasteiger partial charge in [-0.2, -0.15) is 0 Å². The summed E-state index contributed by atoms with van der Waals surface area (Å²) >= 11 is 0. The summed E-state index contributed by atoms with van der Waals surface area (Å²) in [5, 5.41) is 3.48. The van der Waals surface area contributed by atoms with E-state index in [1.54, 1.807) is 6.07 Å². The van der Waals surface area contributed by atoms with E-state index in [4.69, 9.17) is 0 Å². The van der Waals surface area contributed by atoms with Crippen molar-refractivity contribution < 1.29 is 4.39 Å². The molecule has 1 aliphatic carbocycles. The zero-order valence-electron chi connectivity index (χ0n) is 11.4. The highest BCUT2D eigenvalue weighted by atomic mass is 19.1. The Morgan fingerprint density at radius 1 is 1.18 bits per heavy atom. The highest BCUT2D eigenvalue weighted by Gasteiger charge is 2.64. The molecule has 0 unspecified atom stereocenters. The molecule has 1 aromatic rings. The Labute approximate surface area is 103 Å². The maximum atomic E-state index is 13.6. The molecule has 0 spiro atoms. The maximum absolute atomic E-state index is 13.6. The number of hydrogen-bond acceptors (Lipinski definition) is 1. The first-order valence-corrected chi connectivity index (χ1v) is 6.25. The molecule has 17 heavy (non-hydrogen) atoms. The van der Waals surface area contributed by atoms with Crippen LogP contribution in [-0.2, 0) is 6.54 Å². The second kappa shape index (κ2) is 3.81. The molecule has 2 rings (SSSR count). The molecule has 0 atom stereocenters. The fourth-order valence-electron chi connectivity index (χ4n) is 2.76. The predicted molar refractivity (Wildman–Crippen MR) is 69.3 cm³/mol. The number of nitrogens with one attached hydrogen (secondary N) is 1. The second-order valence-corrected chi connectivity index (χ2v) is 6.35. The molecule has 0 aromatic heterocycles. The van der Waals surface area contributed by atoms with Crippen LogP contribution < -0.4 is 5.32 Å². The SMILES string of the molecule is Cc1ccc(F)c(CNC2C(C)(C)C2(C)C)c1. The Morgan fingerprint density at radius 3 is 2.29 bits per heavy atom. The lowest BCUT2D eigenvalue weighted by Crippen LogP contribution is -2.22. The summed E-state index contributed by atoms with van der Waals surface area (Å²) in [4.78, 5) is 0. The third-order valence-corrected chi connectivity index (χ3v) is 4.72. The van der Waals surface area contributed by atoms with Crippen molar-refractivity contribution in [1.82, 2.24) is 5.32 Å². The third-order valence-electron chi connectivity index (χ3n) is 4.72. The molecule has 0 heterocycles.